The number of carbonyl (C=O) groups excluding carboxylic acids is 1. The van der Waals surface area contributed by atoms with E-state index in [0.717, 1.165) is 44.5 Å². The van der Waals surface area contributed by atoms with Gasteiger partial charge in [0, 0.05) is 58.1 Å². The molecule has 7 nitrogen and oxygen atoms in total. The Labute approximate surface area is 223 Å². The monoisotopic (exact) mass is 513 g/mol. The fourth-order valence-corrected chi connectivity index (χ4v) is 6.21. The van der Waals surface area contributed by atoms with Gasteiger partial charge in [0.05, 0.1) is 10.6 Å². The number of nitro benzene ring substituents is 1. The van der Waals surface area contributed by atoms with Crippen LogP contribution in [0.2, 0.25) is 0 Å². The zero-order chi connectivity index (χ0) is 26.9. The Bertz CT molecular complexity index is 1970. The molecule has 3 aromatic carbocycles. The highest BCUT2D eigenvalue weighted by molar-refractivity contribution is 6.02. The Morgan fingerprint density at radius 3 is 2.44 bits per heavy atom. The third-order valence-corrected chi connectivity index (χ3v) is 7.92. The van der Waals surface area contributed by atoms with Crippen LogP contribution in [0.15, 0.2) is 103 Å². The number of esters is 1. The van der Waals surface area contributed by atoms with Crippen molar-refractivity contribution in [3.8, 4) is 11.1 Å². The molecule has 0 bridgehead atoms. The first-order valence-corrected chi connectivity index (χ1v) is 12.6. The molecule has 0 spiro atoms. The number of rotatable bonds is 4. The molecule has 0 amide bonds. The van der Waals surface area contributed by atoms with Crippen LogP contribution in [0.25, 0.3) is 27.5 Å². The lowest BCUT2D eigenvalue weighted by Crippen LogP contribution is -2.32. The Balaban J connectivity index is 1.73. The van der Waals surface area contributed by atoms with Crippen molar-refractivity contribution < 1.29 is 14.5 Å². The van der Waals surface area contributed by atoms with Gasteiger partial charge in [-0.1, -0.05) is 66.7 Å². The lowest BCUT2D eigenvalue weighted by Gasteiger charge is -2.31. The molecule has 0 saturated carbocycles. The summed E-state index contributed by atoms with van der Waals surface area (Å²) in [4.78, 5) is 25.4. The van der Waals surface area contributed by atoms with E-state index in [1.54, 1.807) is 12.1 Å². The van der Waals surface area contributed by atoms with Crippen LogP contribution in [0.3, 0.4) is 0 Å². The van der Waals surface area contributed by atoms with Crippen LogP contribution in [0.5, 0.6) is 0 Å². The van der Waals surface area contributed by atoms with Gasteiger partial charge in [-0.25, -0.2) is 4.79 Å². The second-order valence-electron chi connectivity index (χ2n) is 9.83. The minimum Gasteiger partial charge on any atom is -0.439 e. The largest absolute Gasteiger partial charge is 0.439 e. The number of hydrogen-bond donors (Lipinski definition) is 0. The predicted octanol–water partition coefficient (Wildman–Crippen LogP) is 6.78. The van der Waals surface area contributed by atoms with Gasteiger partial charge in [0.25, 0.3) is 5.69 Å². The topological polar surface area (TPSA) is 78.8 Å². The number of aromatic nitrogens is 2. The molecule has 0 saturated heterocycles. The Hall–Kier alpha value is -5.17. The average molecular weight is 514 g/mol. The van der Waals surface area contributed by atoms with Gasteiger partial charge in [-0.15, -0.1) is 0 Å². The van der Waals surface area contributed by atoms with Gasteiger partial charge in [-0.05, 0) is 36.8 Å². The van der Waals surface area contributed by atoms with E-state index in [0.29, 0.717) is 5.56 Å². The number of nitro groups is 1. The number of ether oxygens (including phenoxy) is 1. The number of cyclic esters (lactones) is 1. The summed E-state index contributed by atoms with van der Waals surface area (Å²) in [5, 5.41) is 13.0. The van der Waals surface area contributed by atoms with Crippen molar-refractivity contribution in [3.05, 3.63) is 141 Å². The quantitative estimate of drug-likeness (QED) is 0.148. The summed E-state index contributed by atoms with van der Waals surface area (Å²) in [5.74, 6) is -0.713. The minimum absolute atomic E-state index is 0.0141. The predicted molar refractivity (Wildman–Crippen MR) is 149 cm³/mol. The lowest BCUT2D eigenvalue weighted by molar-refractivity contribution is -0.385. The number of aryl methyl sites for hydroxylation is 1. The molecule has 1 aliphatic rings. The normalized spacial score (nSPS) is 16.5. The maximum Gasteiger partial charge on any atom is 0.347 e. The number of nitrogens with zero attached hydrogens (tertiary/aromatic N) is 3. The van der Waals surface area contributed by atoms with Crippen LogP contribution in [0.4, 0.5) is 5.69 Å². The number of carbonyl (C=O) groups is 1. The van der Waals surface area contributed by atoms with E-state index < -0.39 is 16.5 Å². The van der Waals surface area contributed by atoms with Crippen molar-refractivity contribution >= 4 is 28.1 Å². The van der Waals surface area contributed by atoms with Gasteiger partial charge in [0.1, 0.15) is 5.56 Å². The van der Waals surface area contributed by atoms with Crippen LogP contribution in [-0.2, 0) is 17.4 Å². The number of hydrogen-bond acceptors (Lipinski definition) is 4. The van der Waals surface area contributed by atoms with E-state index in [9.17, 15) is 14.9 Å². The van der Waals surface area contributed by atoms with Gasteiger partial charge in [0.2, 0.25) is 5.60 Å². The van der Waals surface area contributed by atoms with Crippen molar-refractivity contribution in [1.82, 2.24) is 8.97 Å². The van der Waals surface area contributed by atoms with E-state index >= 15 is 0 Å². The summed E-state index contributed by atoms with van der Waals surface area (Å²) >= 11 is 0. The second-order valence-corrected chi connectivity index (χ2v) is 9.83. The Morgan fingerprint density at radius 2 is 1.64 bits per heavy atom. The number of fused-ring (bicyclic) bond motifs is 3. The number of para-hydroxylation sites is 1. The molecular weight excluding hydrogens is 490 g/mol. The third kappa shape index (κ3) is 3.01. The molecule has 0 radical (unpaired) electrons. The molecule has 3 aromatic heterocycles. The van der Waals surface area contributed by atoms with Crippen LogP contribution in [0, 0.1) is 17.0 Å². The van der Waals surface area contributed by atoms with Crippen LogP contribution >= 0.6 is 0 Å². The smallest absolute Gasteiger partial charge is 0.347 e. The summed E-state index contributed by atoms with van der Waals surface area (Å²) in [5.41, 5.74) is 4.84. The minimum atomic E-state index is -1.46. The van der Waals surface area contributed by atoms with Gasteiger partial charge in [-0.2, -0.15) is 0 Å². The summed E-state index contributed by atoms with van der Waals surface area (Å²) in [6.07, 6.45) is 1.95. The molecule has 7 heteroatoms. The molecule has 4 heterocycles. The number of pyridine rings is 1. The van der Waals surface area contributed by atoms with Gasteiger partial charge >= 0.3 is 5.97 Å². The zero-order valence-corrected chi connectivity index (χ0v) is 21.3. The van der Waals surface area contributed by atoms with Crippen LogP contribution in [-0.4, -0.2) is 19.9 Å². The first-order valence-electron chi connectivity index (χ1n) is 12.6. The maximum absolute atomic E-state index is 13.8. The molecule has 1 aliphatic heterocycles. The SMILES string of the molecule is Cc1c(C2(c3c(-c4ccccc4)cc4ccccn34)OC(=O)c3c([N+](=O)[O-])cccc32)c2ccccc2n1C. The highest BCUT2D eigenvalue weighted by atomic mass is 16.6. The van der Waals surface area contributed by atoms with Crippen LogP contribution in [0.1, 0.15) is 32.9 Å². The average Bonchev–Trinajstić information content (AvgIpc) is 3.58. The second kappa shape index (κ2) is 8.16. The number of benzene rings is 3. The Kier molecular flexibility index (Phi) is 4.81. The van der Waals surface area contributed by atoms with E-state index in [-0.39, 0.29) is 11.3 Å². The first kappa shape index (κ1) is 23.0. The standard InChI is InChI=1S/C32H23N3O4/c1-20-29(23-14-6-7-16-26(23)33(20)2)32(25-15-10-17-27(35(37)38)28(25)31(36)39-32)30-24(21-11-4-3-5-12-21)19-22-13-8-9-18-34(22)30/h3-19H,1-2H3. The van der Waals surface area contributed by atoms with Crippen molar-refractivity contribution in [3.63, 3.8) is 0 Å². The highest BCUT2D eigenvalue weighted by Gasteiger charge is 2.55. The van der Waals surface area contributed by atoms with Gasteiger partial charge < -0.3 is 13.7 Å². The molecule has 190 valence electrons. The molecule has 0 aliphatic carbocycles. The van der Waals surface area contributed by atoms with Gasteiger partial charge in [0.15, 0.2) is 0 Å². The van der Waals surface area contributed by atoms with Crippen LogP contribution < -0.4 is 0 Å². The molecule has 0 N–H and O–H groups in total. The van der Waals surface area contributed by atoms with Gasteiger partial charge in [-0.3, -0.25) is 10.1 Å². The molecule has 0 fully saturated rings. The summed E-state index contributed by atoms with van der Waals surface area (Å²) in [7, 11) is 1.98. The van der Waals surface area contributed by atoms with Crippen molar-refractivity contribution in [2.75, 3.05) is 0 Å². The molecule has 1 atom stereocenters. The van der Waals surface area contributed by atoms with E-state index in [1.165, 1.54) is 6.07 Å². The van der Waals surface area contributed by atoms with E-state index in [2.05, 4.69) is 10.6 Å². The first-order chi connectivity index (χ1) is 18.9. The summed E-state index contributed by atoms with van der Waals surface area (Å²) < 4.78 is 10.6. The molecule has 6 aromatic rings. The third-order valence-electron chi connectivity index (χ3n) is 7.92. The molecule has 39 heavy (non-hydrogen) atoms. The van der Waals surface area contributed by atoms with Crippen molar-refractivity contribution in [2.24, 2.45) is 7.05 Å². The summed E-state index contributed by atoms with van der Waals surface area (Å²) in [6, 6.07) is 30.7. The summed E-state index contributed by atoms with van der Waals surface area (Å²) in [6.45, 7) is 2.00. The molecule has 1 unspecified atom stereocenters. The maximum atomic E-state index is 13.8. The Morgan fingerprint density at radius 1 is 0.897 bits per heavy atom. The molecule has 7 rings (SSSR count). The van der Waals surface area contributed by atoms with E-state index in [4.69, 9.17) is 4.74 Å². The zero-order valence-electron chi connectivity index (χ0n) is 21.3. The fraction of sp³-hybridized carbons (Fsp3) is 0.0938. The lowest BCUT2D eigenvalue weighted by atomic mass is 9.79. The fourth-order valence-electron chi connectivity index (χ4n) is 6.21. The van der Waals surface area contributed by atoms with Crippen molar-refractivity contribution in [1.29, 1.82) is 0 Å². The molecular formula is C32H23N3O4. The van der Waals surface area contributed by atoms with Crippen molar-refractivity contribution in [2.45, 2.75) is 12.5 Å². The highest BCUT2D eigenvalue weighted by Crippen LogP contribution is 2.54. The van der Waals surface area contributed by atoms with E-state index in [1.807, 2.05) is 97.4 Å².